The minimum atomic E-state index is -0.0339. The van der Waals surface area contributed by atoms with Crippen LogP contribution < -0.4 is 11.1 Å². The van der Waals surface area contributed by atoms with Crippen LogP contribution >= 0.6 is 11.8 Å². The van der Waals surface area contributed by atoms with Gasteiger partial charge in [0.05, 0.1) is 0 Å². The van der Waals surface area contributed by atoms with E-state index in [0.29, 0.717) is 13.0 Å². The molecule has 1 aromatic carbocycles. The van der Waals surface area contributed by atoms with Gasteiger partial charge in [-0.1, -0.05) is 6.92 Å². The van der Waals surface area contributed by atoms with E-state index in [1.807, 2.05) is 24.3 Å². The molecule has 0 heterocycles. The molecule has 1 aromatic rings. The van der Waals surface area contributed by atoms with Crippen molar-refractivity contribution in [1.82, 2.24) is 0 Å². The van der Waals surface area contributed by atoms with Gasteiger partial charge in [0.15, 0.2) is 0 Å². The molecule has 4 heteroatoms. The Morgan fingerprint density at radius 2 is 2.07 bits per heavy atom. The van der Waals surface area contributed by atoms with Crippen molar-refractivity contribution in [2.75, 3.05) is 17.6 Å². The van der Waals surface area contributed by atoms with Crippen LogP contribution in [-0.4, -0.2) is 18.2 Å². The highest BCUT2D eigenvalue weighted by Gasteiger charge is 2.00. The maximum absolute atomic E-state index is 11.2. The highest BCUT2D eigenvalue weighted by atomic mass is 32.2. The van der Waals surface area contributed by atoms with Gasteiger partial charge in [-0.15, -0.1) is 11.8 Å². The van der Waals surface area contributed by atoms with Crippen LogP contribution in [0.2, 0.25) is 0 Å². The molecule has 0 aliphatic carbocycles. The topological polar surface area (TPSA) is 55.1 Å². The summed E-state index contributed by atoms with van der Waals surface area (Å²) in [4.78, 5) is 12.4. The lowest BCUT2D eigenvalue weighted by molar-refractivity contribution is -0.116. The monoisotopic (exact) mass is 224 g/mol. The molecule has 15 heavy (non-hydrogen) atoms. The van der Waals surface area contributed by atoms with Crippen LogP contribution in [0.3, 0.4) is 0 Å². The molecule has 82 valence electrons. The van der Waals surface area contributed by atoms with E-state index in [1.165, 1.54) is 4.90 Å². The van der Waals surface area contributed by atoms with Gasteiger partial charge in [-0.3, -0.25) is 4.79 Å². The smallest absolute Gasteiger partial charge is 0.225 e. The summed E-state index contributed by atoms with van der Waals surface area (Å²) in [6, 6.07) is 7.83. The Morgan fingerprint density at radius 1 is 1.40 bits per heavy atom. The van der Waals surface area contributed by atoms with Gasteiger partial charge in [-0.05, 0) is 30.0 Å². The standard InChI is InChI=1S/C11H16N2OS/c1-2-15-10-5-3-9(4-6-10)13-11(14)7-8-12/h3-6H,2,7-8,12H2,1H3,(H,13,14). The molecule has 0 saturated carbocycles. The van der Waals surface area contributed by atoms with Crippen molar-refractivity contribution in [1.29, 1.82) is 0 Å². The number of nitrogens with one attached hydrogen (secondary N) is 1. The van der Waals surface area contributed by atoms with Crippen molar-refractivity contribution < 1.29 is 4.79 Å². The van der Waals surface area contributed by atoms with E-state index in [2.05, 4.69) is 12.2 Å². The Morgan fingerprint density at radius 3 is 2.60 bits per heavy atom. The van der Waals surface area contributed by atoms with E-state index < -0.39 is 0 Å². The summed E-state index contributed by atoms with van der Waals surface area (Å²) in [5.74, 6) is 1.02. The first-order chi connectivity index (χ1) is 7.26. The van der Waals surface area contributed by atoms with Gasteiger partial charge in [0.1, 0.15) is 0 Å². The lowest BCUT2D eigenvalue weighted by Gasteiger charge is -2.05. The first-order valence-electron chi connectivity index (χ1n) is 4.99. The van der Waals surface area contributed by atoms with Crippen LogP contribution in [0.5, 0.6) is 0 Å². The molecule has 0 aromatic heterocycles. The predicted octanol–water partition coefficient (Wildman–Crippen LogP) is 2.09. The number of amides is 1. The molecule has 0 unspecified atom stereocenters. The highest BCUT2D eigenvalue weighted by molar-refractivity contribution is 7.99. The van der Waals surface area contributed by atoms with Crippen LogP contribution in [0, 0.1) is 0 Å². The summed E-state index contributed by atoms with van der Waals surface area (Å²) in [7, 11) is 0. The van der Waals surface area contributed by atoms with Gasteiger partial charge in [0.2, 0.25) is 5.91 Å². The van der Waals surface area contributed by atoms with E-state index in [0.717, 1.165) is 11.4 Å². The lowest BCUT2D eigenvalue weighted by Crippen LogP contribution is -2.15. The van der Waals surface area contributed by atoms with Crippen LogP contribution in [0.25, 0.3) is 0 Å². The molecule has 0 saturated heterocycles. The van der Waals surface area contributed by atoms with Gasteiger partial charge >= 0.3 is 0 Å². The number of nitrogens with two attached hydrogens (primary N) is 1. The summed E-state index contributed by atoms with van der Waals surface area (Å²) >= 11 is 1.78. The zero-order valence-electron chi connectivity index (χ0n) is 8.82. The molecule has 1 rings (SSSR count). The van der Waals surface area contributed by atoms with E-state index >= 15 is 0 Å². The summed E-state index contributed by atoms with van der Waals surface area (Å²) in [6.07, 6.45) is 0.367. The van der Waals surface area contributed by atoms with E-state index in [9.17, 15) is 4.79 Å². The molecule has 0 radical (unpaired) electrons. The predicted molar refractivity (Wildman–Crippen MR) is 65.1 cm³/mol. The lowest BCUT2D eigenvalue weighted by atomic mass is 10.3. The third kappa shape index (κ3) is 4.36. The number of thioether (sulfide) groups is 1. The summed E-state index contributed by atoms with van der Waals surface area (Å²) in [5, 5.41) is 2.78. The number of hydrogen-bond acceptors (Lipinski definition) is 3. The second-order valence-corrected chi connectivity index (χ2v) is 4.38. The van der Waals surface area contributed by atoms with E-state index in [-0.39, 0.29) is 5.91 Å². The molecular weight excluding hydrogens is 208 g/mol. The average molecular weight is 224 g/mol. The Kier molecular flexibility index (Phi) is 5.21. The number of anilines is 1. The molecule has 0 aliphatic rings. The third-order valence-electron chi connectivity index (χ3n) is 1.82. The minimum Gasteiger partial charge on any atom is -0.330 e. The maximum atomic E-state index is 11.2. The number of benzene rings is 1. The van der Waals surface area contributed by atoms with Crippen LogP contribution in [0.15, 0.2) is 29.2 Å². The van der Waals surface area contributed by atoms with Gasteiger partial charge in [-0.2, -0.15) is 0 Å². The quantitative estimate of drug-likeness (QED) is 0.753. The molecule has 0 bridgehead atoms. The van der Waals surface area contributed by atoms with Gasteiger partial charge in [-0.25, -0.2) is 0 Å². The highest BCUT2D eigenvalue weighted by Crippen LogP contribution is 2.19. The molecule has 0 fully saturated rings. The zero-order chi connectivity index (χ0) is 11.1. The number of hydrogen-bond donors (Lipinski definition) is 2. The third-order valence-corrected chi connectivity index (χ3v) is 2.71. The Labute approximate surface area is 94.4 Å². The summed E-state index contributed by atoms with van der Waals surface area (Å²) in [5.41, 5.74) is 6.11. The largest absolute Gasteiger partial charge is 0.330 e. The summed E-state index contributed by atoms with van der Waals surface area (Å²) in [6.45, 7) is 2.50. The van der Waals surface area contributed by atoms with Crippen molar-refractivity contribution in [2.45, 2.75) is 18.2 Å². The number of rotatable bonds is 5. The maximum Gasteiger partial charge on any atom is 0.225 e. The van der Waals surface area contributed by atoms with Crippen molar-refractivity contribution in [3.05, 3.63) is 24.3 Å². The van der Waals surface area contributed by atoms with Crippen molar-refractivity contribution in [3.63, 3.8) is 0 Å². The van der Waals surface area contributed by atoms with Crippen LogP contribution in [-0.2, 0) is 4.79 Å². The molecule has 1 amide bonds. The normalized spacial score (nSPS) is 10.0. The first kappa shape index (κ1) is 12.1. The fraction of sp³-hybridized carbons (Fsp3) is 0.364. The molecule has 0 atom stereocenters. The second-order valence-electron chi connectivity index (χ2n) is 3.04. The van der Waals surface area contributed by atoms with E-state index in [4.69, 9.17) is 5.73 Å². The Balaban J connectivity index is 2.52. The summed E-state index contributed by atoms with van der Waals surface area (Å²) < 4.78 is 0. The van der Waals surface area contributed by atoms with Crippen molar-refractivity contribution in [2.24, 2.45) is 5.73 Å². The molecule has 3 nitrogen and oxygen atoms in total. The van der Waals surface area contributed by atoms with Crippen LogP contribution in [0.1, 0.15) is 13.3 Å². The molecule has 0 aliphatic heterocycles. The SMILES string of the molecule is CCSc1ccc(NC(=O)CCN)cc1. The first-order valence-corrected chi connectivity index (χ1v) is 5.97. The zero-order valence-corrected chi connectivity index (χ0v) is 9.64. The second kappa shape index (κ2) is 6.48. The van der Waals surface area contributed by atoms with Gasteiger partial charge in [0.25, 0.3) is 0 Å². The minimum absolute atomic E-state index is 0.0339. The average Bonchev–Trinajstić information content (AvgIpc) is 2.22. The molecule has 3 N–H and O–H groups in total. The van der Waals surface area contributed by atoms with Gasteiger partial charge in [0, 0.05) is 23.5 Å². The molecular formula is C11H16N2OS. The number of carbonyl (C=O) groups excluding carboxylic acids is 1. The number of carbonyl (C=O) groups is 1. The fourth-order valence-corrected chi connectivity index (χ4v) is 1.82. The Hall–Kier alpha value is -1.00. The molecule has 0 spiro atoms. The van der Waals surface area contributed by atoms with E-state index in [1.54, 1.807) is 11.8 Å². The van der Waals surface area contributed by atoms with Crippen LogP contribution in [0.4, 0.5) is 5.69 Å². The fourth-order valence-electron chi connectivity index (χ4n) is 1.16. The van der Waals surface area contributed by atoms with Gasteiger partial charge < -0.3 is 11.1 Å². The Bertz CT molecular complexity index is 311. The van der Waals surface area contributed by atoms with Crippen molar-refractivity contribution in [3.8, 4) is 0 Å². The van der Waals surface area contributed by atoms with Crippen molar-refractivity contribution >= 4 is 23.4 Å².